The zero-order valence-electron chi connectivity index (χ0n) is 15.8. The summed E-state index contributed by atoms with van der Waals surface area (Å²) < 4.78 is 0. The molecule has 0 aliphatic rings. The first-order chi connectivity index (χ1) is 14.6. The van der Waals surface area contributed by atoms with Crippen LogP contribution in [0.3, 0.4) is 0 Å². The van der Waals surface area contributed by atoms with Crippen LogP contribution in [0, 0.1) is 0 Å². The van der Waals surface area contributed by atoms with Gasteiger partial charge in [0.2, 0.25) is 0 Å². The smallest absolute Gasteiger partial charge is 0.355 e. The summed E-state index contributed by atoms with van der Waals surface area (Å²) in [7, 11) is 0. The van der Waals surface area contributed by atoms with Gasteiger partial charge in [-0.05, 0) is 33.7 Å². The molecule has 2 amide bonds. The number of hydrazone groups is 2. The first-order valence-electron chi connectivity index (χ1n) is 9.17. The Hall–Kier alpha value is -4.39. The first kappa shape index (κ1) is 18.9. The lowest BCUT2D eigenvalue weighted by Crippen LogP contribution is -2.28. The maximum absolute atomic E-state index is 11.9. The van der Waals surface area contributed by atoms with E-state index in [1.807, 2.05) is 48.5 Å². The SMILES string of the molecule is O=C(N/N=C/c1c(O)ccc2ccccc12)N/N=C/c1c(O)ccc2ccccc12. The van der Waals surface area contributed by atoms with Crippen molar-refractivity contribution in [1.29, 1.82) is 0 Å². The Morgan fingerprint density at radius 3 is 1.57 bits per heavy atom. The lowest BCUT2D eigenvalue weighted by molar-refractivity contribution is 0.242. The fourth-order valence-electron chi connectivity index (χ4n) is 3.18. The summed E-state index contributed by atoms with van der Waals surface area (Å²) in [6, 6.07) is 21.2. The van der Waals surface area contributed by atoms with Crippen LogP contribution in [-0.4, -0.2) is 28.7 Å². The third-order valence-electron chi connectivity index (χ3n) is 4.61. The maximum atomic E-state index is 11.9. The number of carbonyl (C=O) groups excluding carboxylic acids is 1. The van der Waals surface area contributed by atoms with Gasteiger partial charge in [0.15, 0.2) is 0 Å². The van der Waals surface area contributed by atoms with E-state index in [1.54, 1.807) is 24.3 Å². The van der Waals surface area contributed by atoms with E-state index in [1.165, 1.54) is 12.4 Å². The van der Waals surface area contributed by atoms with Crippen LogP contribution in [0.15, 0.2) is 83.0 Å². The predicted octanol–water partition coefficient (Wildman–Crippen LogP) is 4.07. The fourth-order valence-corrected chi connectivity index (χ4v) is 3.18. The van der Waals surface area contributed by atoms with Gasteiger partial charge in [0.1, 0.15) is 11.5 Å². The van der Waals surface area contributed by atoms with Crippen LogP contribution < -0.4 is 10.9 Å². The van der Waals surface area contributed by atoms with E-state index in [0.29, 0.717) is 11.1 Å². The number of hydrogen-bond acceptors (Lipinski definition) is 5. The number of fused-ring (bicyclic) bond motifs is 2. The minimum absolute atomic E-state index is 0.0594. The second kappa shape index (κ2) is 8.32. The quantitative estimate of drug-likeness (QED) is 0.307. The zero-order chi connectivity index (χ0) is 20.9. The summed E-state index contributed by atoms with van der Waals surface area (Å²) in [4.78, 5) is 11.9. The molecule has 7 heteroatoms. The van der Waals surface area contributed by atoms with Crippen molar-refractivity contribution in [2.45, 2.75) is 0 Å². The Morgan fingerprint density at radius 2 is 1.10 bits per heavy atom. The maximum Gasteiger partial charge on any atom is 0.355 e. The lowest BCUT2D eigenvalue weighted by Gasteiger charge is -2.05. The standard InChI is InChI=1S/C23H18N4O3/c28-21-11-9-15-5-1-3-7-17(15)19(21)13-24-26-23(30)27-25-14-20-18-8-4-2-6-16(18)10-12-22(20)29/h1-14,28-29H,(H2,26,27,30)/b24-13+,25-14+. The van der Waals surface area contributed by atoms with Crippen molar-refractivity contribution in [3.63, 3.8) is 0 Å². The zero-order valence-corrected chi connectivity index (χ0v) is 15.8. The molecule has 0 saturated heterocycles. The molecule has 0 spiro atoms. The van der Waals surface area contributed by atoms with E-state index in [-0.39, 0.29) is 11.5 Å². The molecule has 4 rings (SSSR count). The van der Waals surface area contributed by atoms with Gasteiger partial charge in [-0.1, -0.05) is 60.7 Å². The molecule has 4 N–H and O–H groups in total. The molecule has 4 aromatic rings. The summed E-state index contributed by atoms with van der Waals surface area (Å²) in [5.41, 5.74) is 5.58. The van der Waals surface area contributed by atoms with Gasteiger partial charge in [0.25, 0.3) is 0 Å². The van der Waals surface area contributed by atoms with E-state index >= 15 is 0 Å². The summed E-state index contributed by atoms with van der Waals surface area (Å²) in [6.45, 7) is 0. The van der Waals surface area contributed by atoms with Crippen molar-refractivity contribution in [3.8, 4) is 11.5 Å². The number of amides is 2. The number of aromatic hydroxyl groups is 2. The molecule has 0 aliphatic carbocycles. The third-order valence-corrected chi connectivity index (χ3v) is 4.61. The lowest BCUT2D eigenvalue weighted by atomic mass is 10.0. The Kier molecular flexibility index (Phi) is 5.25. The Balaban J connectivity index is 1.44. The van der Waals surface area contributed by atoms with Gasteiger partial charge >= 0.3 is 6.03 Å². The van der Waals surface area contributed by atoms with E-state index in [9.17, 15) is 15.0 Å². The Labute approximate surface area is 172 Å². The number of rotatable bonds is 4. The minimum atomic E-state index is -0.665. The van der Waals surface area contributed by atoms with Gasteiger partial charge in [-0.15, -0.1) is 0 Å². The Bertz CT molecular complexity index is 1200. The second-order valence-corrected chi connectivity index (χ2v) is 6.51. The van der Waals surface area contributed by atoms with Crippen LogP contribution in [0.2, 0.25) is 0 Å². The van der Waals surface area contributed by atoms with Crippen molar-refractivity contribution >= 4 is 40.0 Å². The van der Waals surface area contributed by atoms with Crippen molar-refractivity contribution < 1.29 is 15.0 Å². The molecule has 0 atom stereocenters. The molecular weight excluding hydrogens is 380 g/mol. The summed E-state index contributed by atoms with van der Waals surface area (Å²) >= 11 is 0. The van der Waals surface area contributed by atoms with Crippen LogP contribution in [0.1, 0.15) is 11.1 Å². The fraction of sp³-hybridized carbons (Fsp3) is 0. The number of carbonyl (C=O) groups is 1. The van der Waals surface area contributed by atoms with E-state index in [2.05, 4.69) is 21.1 Å². The van der Waals surface area contributed by atoms with Gasteiger partial charge in [-0.3, -0.25) is 0 Å². The minimum Gasteiger partial charge on any atom is -0.507 e. The van der Waals surface area contributed by atoms with Crippen molar-refractivity contribution in [2.24, 2.45) is 10.2 Å². The van der Waals surface area contributed by atoms with Crippen LogP contribution >= 0.6 is 0 Å². The van der Waals surface area contributed by atoms with Crippen LogP contribution in [0.4, 0.5) is 4.79 Å². The largest absolute Gasteiger partial charge is 0.507 e. The molecule has 0 radical (unpaired) electrons. The topological polar surface area (TPSA) is 106 Å². The van der Waals surface area contributed by atoms with Crippen LogP contribution in [0.5, 0.6) is 11.5 Å². The van der Waals surface area contributed by atoms with Crippen molar-refractivity contribution in [1.82, 2.24) is 10.9 Å². The summed E-state index contributed by atoms with van der Waals surface area (Å²) in [6.07, 6.45) is 2.75. The van der Waals surface area contributed by atoms with E-state index in [4.69, 9.17) is 0 Å². The van der Waals surface area contributed by atoms with Crippen LogP contribution in [-0.2, 0) is 0 Å². The number of benzene rings is 4. The molecule has 0 aromatic heterocycles. The molecule has 0 aliphatic heterocycles. The number of phenolic OH excluding ortho intramolecular Hbond substituents is 2. The molecule has 0 heterocycles. The normalized spacial score (nSPS) is 11.5. The van der Waals surface area contributed by atoms with Crippen LogP contribution in [0.25, 0.3) is 21.5 Å². The number of hydrogen-bond donors (Lipinski definition) is 4. The average molecular weight is 398 g/mol. The van der Waals surface area contributed by atoms with Gasteiger partial charge in [-0.2, -0.15) is 10.2 Å². The van der Waals surface area contributed by atoms with Crippen molar-refractivity contribution in [2.75, 3.05) is 0 Å². The molecule has 30 heavy (non-hydrogen) atoms. The van der Waals surface area contributed by atoms with Crippen molar-refractivity contribution in [3.05, 3.63) is 83.9 Å². The molecule has 7 nitrogen and oxygen atoms in total. The number of phenols is 2. The molecular formula is C23H18N4O3. The highest BCUT2D eigenvalue weighted by Crippen LogP contribution is 2.26. The van der Waals surface area contributed by atoms with Gasteiger partial charge in [0, 0.05) is 11.1 Å². The molecule has 0 bridgehead atoms. The highest BCUT2D eigenvalue weighted by molar-refractivity contribution is 6.03. The Morgan fingerprint density at radius 1 is 0.667 bits per heavy atom. The molecule has 0 unspecified atom stereocenters. The van der Waals surface area contributed by atoms with Gasteiger partial charge in [0.05, 0.1) is 12.4 Å². The summed E-state index contributed by atoms with van der Waals surface area (Å²) in [5, 5.41) is 31.4. The monoisotopic (exact) mass is 398 g/mol. The summed E-state index contributed by atoms with van der Waals surface area (Å²) in [5.74, 6) is 0.119. The van der Waals surface area contributed by atoms with E-state index < -0.39 is 6.03 Å². The number of urea groups is 1. The third kappa shape index (κ3) is 3.90. The molecule has 0 fully saturated rings. The van der Waals surface area contributed by atoms with Gasteiger partial charge in [-0.25, -0.2) is 15.6 Å². The number of nitrogens with one attached hydrogen (secondary N) is 2. The molecule has 148 valence electrons. The highest BCUT2D eigenvalue weighted by atomic mass is 16.3. The van der Waals surface area contributed by atoms with E-state index in [0.717, 1.165) is 21.5 Å². The predicted molar refractivity (Wildman–Crippen MR) is 118 cm³/mol. The average Bonchev–Trinajstić information content (AvgIpc) is 2.77. The first-order valence-corrected chi connectivity index (χ1v) is 9.17. The molecule has 4 aromatic carbocycles. The number of nitrogens with zero attached hydrogens (tertiary/aromatic N) is 2. The highest BCUT2D eigenvalue weighted by Gasteiger charge is 2.06. The second-order valence-electron chi connectivity index (χ2n) is 6.51. The van der Waals surface area contributed by atoms with Gasteiger partial charge < -0.3 is 10.2 Å². The molecule has 0 saturated carbocycles.